The third-order valence-electron chi connectivity index (χ3n) is 6.56. The molecule has 1 atom stereocenters. The van der Waals surface area contributed by atoms with Crippen molar-refractivity contribution in [3.8, 4) is 5.75 Å². The first kappa shape index (κ1) is 20.7. The zero-order valence-corrected chi connectivity index (χ0v) is 18.4. The van der Waals surface area contributed by atoms with Gasteiger partial charge in [-0.05, 0) is 55.5 Å². The van der Waals surface area contributed by atoms with E-state index in [0.29, 0.717) is 18.7 Å². The maximum absolute atomic E-state index is 13.2. The van der Waals surface area contributed by atoms with Crippen molar-refractivity contribution < 1.29 is 9.53 Å². The van der Waals surface area contributed by atoms with Crippen molar-refractivity contribution in [1.29, 1.82) is 0 Å². The SMILES string of the molecule is O=C(c1ccc(OCc2ccccc2)cc1)N1CCCC(c2nnc3n2CCCCC3)C1. The minimum absolute atomic E-state index is 0.0833. The molecule has 0 radical (unpaired) electrons. The zero-order chi connectivity index (χ0) is 21.8. The molecule has 0 spiro atoms. The summed E-state index contributed by atoms with van der Waals surface area (Å²) >= 11 is 0. The van der Waals surface area contributed by atoms with Crippen LogP contribution in [0.25, 0.3) is 0 Å². The Bertz CT molecular complexity index is 1050. The summed E-state index contributed by atoms with van der Waals surface area (Å²) in [4.78, 5) is 15.2. The standard InChI is InChI=1S/C26H30N4O2/c31-26(21-12-14-23(15-13-21)32-19-20-8-3-1-4-9-20)29-16-7-10-22(18-29)25-28-27-24-11-5-2-6-17-30(24)25/h1,3-4,8-9,12-15,22H,2,5-7,10-11,16-19H2. The Morgan fingerprint density at radius 1 is 0.938 bits per heavy atom. The fourth-order valence-electron chi connectivity index (χ4n) is 4.80. The molecule has 1 unspecified atom stereocenters. The molecule has 1 saturated heterocycles. The molecule has 5 rings (SSSR count). The highest BCUT2D eigenvalue weighted by Crippen LogP contribution is 2.29. The van der Waals surface area contributed by atoms with Crippen LogP contribution in [0.3, 0.4) is 0 Å². The Balaban J connectivity index is 1.23. The van der Waals surface area contributed by atoms with E-state index in [2.05, 4.69) is 14.8 Å². The first-order chi connectivity index (χ1) is 15.8. The van der Waals surface area contributed by atoms with Crippen LogP contribution in [0, 0.1) is 0 Å². The van der Waals surface area contributed by atoms with Crippen LogP contribution >= 0.6 is 0 Å². The van der Waals surface area contributed by atoms with Gasteiger partial charge in [-0.15, -0.1) is 10.2 Å². The van der Waals surface area contributed by atoms with E-state index in [4.69, 9.17) is 4.74 Å². The second-order valence-electron chi connectivity index (χ2n) is 8.83. The number of benzene rings is 2. The van der Waals surface area contributed by atoms with Gasteiger partial charge in [0.25, 0.3) is 5.91 Å². The average molecular weight is 431 g/mol. The van der Waals surface area contributed by atoms with E-state index in [-0.39, 0.29) is 11.8 Å². The third kappa shape index (κ3) is 4.54. The summed E-state index contributed by atoms with van der Waals surface area (Å²) in [5.41, 5.74) is 1.83. The average Bonchev–Trinajstić information content (AvgIpc) is 3.11. The minimum Gasteiger partial charge on any atom is -0.489 e. The second kappa shape index (κ2) is 9.55. The van der Waals surface area contributed by atoms with Crippen LogP contribution in [-0.4, -0.2) is 38.7 Å². The number of fused-ring (bicyclic) bond motifs is 1. The number of ether oxygens (including phenoxy) is 1. The van der Waals surface area contributed by atoms with Crippen LogP contribution in [0.5, 0.6) is 5.75 Å². The number of nitrogens with zero attached hydrogens (tertiary/aromatic N) is 4. The Labute approximate surface area is 189 Å². The highest BCUT2D eigenvalue weighted by molar-refractivity contribution is 5.94. The van der Waals surface area contributed by atoms with Gasteiger partial charge in [0, 0.05) is 37.5 Å². The first-order valence-corrected chi connectivity index (χ1v) is 11.8. The topological polar surface area (TPSA) is 60.2 Å². The van der Waals surface area contributed by atoms with Crippen molar-refractivity contribution in [1.82, 2.24) is 19.7 Å². The maximum atomic E-state index is 13.2. The third-order valence-corrected chi connectivity index (χ3v) is 6.56. The van der Waals surface area contributed by atoms with Crippen molar-refractivity contribution in [2.45, 2.75) is 57.6 Å². The van der Waals surface area contributed by atoms with Crippen LogP contribution in [0.15, 0.2) is 54.6 Å². The number of aryl methyl sites for hydroxylation is 1. The number of carbonyl (C=O) groups is 1. The van der Waals surface area contributed by atoms with Crippen molar-refractivity contribution >= 4 is 5.91 Å². The summed E-state index contributed by atoms with van der Waals surface area (Å²) in [6.45, 7) is 3.03. The van der Waals surface area contributed by atoms with E-state index in [0.717, 1.165) is 55.3 Å². The van der Waals surface area contributed by atoms with Crippen LogP contribution in [-0.2, 0) is 19.6 Å². The number of carbonyl (C=O) groups excluding carboxylic acids is 1. The van der Waals surface area contributed by atoms with Crippen molar-refractivity contribution in [3.05, 3.63) is 77.4 Å². The molecule has 2 aliphatic heterocycles. The van der Waals surface area contributed by atoms with Gasteiger partial charge in [-0.3, -0.25) is 4.79 Å². The Morgan fingerprint density at radius 2 is 1.78 bits per heavy atom. The highest BCUT2D eigenvalue weighted by Gasteiger charge is 2.29. The molecule has 0 aliphatic carbocycles. The molecule has 6 nitrogen and oxygen atoms in total. The molecule has 0 bridgehead atoms. The van der Waals surface area contributed by atoms with Gasteiger partial charge < -0.3 is 14.2 Å². The summed E-state index contributed by atoms with van der Waals surface area (Å²) in [5, 5.41) is 9.01. The quantitative estimate of drug-likeness (QED) is 0.593. The van der Waals surface area contributed by atoms with Crippen molar-refractivity contribution in [3.63, 3.8) is 0 Å². The van der Waals surface area contributed by atoms with Crippen LogP contribution in [0.1, 0.15) is 65.6 Å². The lowest BCUT2D eigenvalue weighted by Gasteiger charge is -2.32. The number of amides is 1. The normalized spacial score (nSPS) is 18.6. The molecule has 2 aliphatic rings. The molecule has 0 saturated carbocycles. The van der Waals surface area contributed by atoms with Crippen molar-refractivity contribution in [2.75, 3.05) is 13.1 Å². The Morgan fingerprint density at radius 3 is 2.62 bits per heavy atom. The molecular weight excluding hydrogens is 400 g/mol. The summed E-state index contributed by atoms with van der Waals surface area (Å²) in [6.07, 6.45) is 6.71. The number of aromatic nitrogens is 3. The summed E-state index contributed by atoms with van der Waals surface area (Å²) < 4.78 is 8.18. The lowest BCUT2D eigenvalue weighted by atomic mass is 9.96. The largest absolute Gasteiger partial charge is 0.489 e. The lowest BCUT2D eigenvalue weighted by molar-refractivity contribution is 0.0703. The Kier molecular flexibility index (Phi) is 6.19. The Hall–Kier alpha value is -3.15. The van der Waals surface area contributed by atoms with E-state index in [1.54, 1.807) is 0 Å². The predicted octanol–water partition coefficient (Wildman–Crippen LogP) is 4.60. The summed E-state index contributed by atoms with van der Waals surface area (Å²) in [5.74, 6) is 3.31. The van der Waals surface area contributed by atoms with E-state index < -0.39 is 0 Å². The van der Waals surface area contributed by atoms with Gasteiger partial charge in [0.1, 0.15) is 24.0 Å². The van der Waals surface area contributed by atoms with E-state index >= 15 is 0 Å². The van der Waals surface area contributed by atoms with Gasteiger partial charge in [-0.25, -0.2) is 0 Å². The minimum atomic E-state index is 0.0833. The molecule has 1 aromatic heterocycles. The van der Waals surface area contributed by atoms with Crippen LogP contribution in [0.2, 0.25) is 0 Å². The van der Waals surface area contributed by atoms with Gasteiger partial charge in [0.15, 0.2) is 0 Å². The molecular formula is C26H30N4O2. The van der Waals surface area contributed by atoms with Gasteiger partial charge in [-0.2, -0.15) is 0 Å². The predicted molar refractivity (Wildman–Crippen MR) is 123 cm³/mol. The van der Waals surface area contributed by atoms with Crippen LogP contribution in [0.4, 0.5) is 0 Å². The fourth-order valence-corrected chi connectivity index (χ4v) is 4.80. The number of likely N-dealkylation sites (tertiary alicyclic amines) is 1. The first-order valence-electron chi connectivity index (χ1n) is 11.8. The van der Waals surface area contributed by atoms with Gasteiger partial charge in [0.2, 0.25) is 0 Å². The molecule has 1 fully saturated rings. The van der Waals surface area contributed by atoms with Crippen LogP contribution < -0.4 is 4.74 Å². The maximum Gasteiger partial charge on any atom is 0.253 e. The number of hydrogen-bond acceptors (Lipinski definition) is 4. The molecule has 2 aromatic carbocycles. The second-order valence-corrected chi connectivity index (χ2v) is 8.83. The van der Waals surface area contributed by atoms with E-state index in [1.165, 1.54) is 19.3 Å². The monoisotopic (exact) mass is 430 g/mol. The van der Waals surface area contributed by atoms with Gasteiger partial charge in [0.05, 0.1) is 0 Å². The fraction of sp³-hybridized carbons (Fsp3) is 0.423. The number of rotatable bonds is 5. The zero-order valence-electron chi connectivity index (χ0n) is 18.4. The van der Waals surface area contributed by atoms with Gasteiger partial charge in [-0.1, -0.05) is 36.8 Å². The molecule has 3 heterocycles. The lowest BCUT2D eigenvalue weighted by Crippen LogP contribution is -2.39. The van der Waals surface area contributed by atoms with Crippen molar-refractivity contribution in [2.24, 2.45) is 0 Å². The molecule has 6 heteroatoms. The molecule has 32 heavy (non-hydrogen) atoms. The molecule has 3 aromatic rings. The van der Waals surface area contributed by atoms with E-state index in [1.807, 2.05) is 59.5 Å². The summed E-state index contributed by atoms with van der Waals surface area (Å²) in [6, 6.07) is 17.6. The van der Waals surface area contributed by atoms with E-state index in [9.17, 15) is 4.79 Å². The number of hydrogen-bond donors (Lipinski definition) is 0. The smallest absolute Gasteiger partial charge is 0.253 e. The summed E-state index contributed by atoms with van der Waals surface area (Å²) in [7, 11) is 0. The molecule has 0 N–H and O–H groups in total. The molecule has 166 valence electrons. The van der Waals surface area contributed by atoms with Gasteiger partial charge >= 0.3 is 0 Å². The molecule has 1 amide bonds. The number of piperidine rings is 1. The highest BCUT2D eigenvalue weighted by atomic mass is 16.5.